The van der Waals surface area contributed by atoms with Gasteiger partial charge in [-0.15, -0.1) is 11.3 Å². The van der Waals surface area contributed by atoms with E-state index >= 15 is 0 Å². The van der Waals surface area contributed by atoms with Gasteiger partial charge in [-0.1, -0.05) is 41.4 Å². The molecule has 2 aromatic carbocycles. The molecule has 0 N–H and O–H groups in total. The number of benzene rings is 2. The lowest BCUT2D eigenvalue weighted by Gasteiger charge is -2.23. The minimum atomic E-state index is -0.662. The summed E-state index contributed by atoms with van der Waals surface area (Å²) in [5.74, 6) is 0.0164. The highest BCUT2D eigenvalue weighted by Crippen LogP contribution is 2.30. The summed E-state index contributed by atoms with van der Waals surface area (Å²) in [6, 6.07) is 13.6. The molecule has 1 aromatic heterocycles. The van der Waals surface area contributed by atoms with Crippen LogP contribution in [0.2, 0.25) is 9.49 Å². The molecule has 3 aromatic rings. The highest BCUT2D eigenvalue weighted by Gasteiger charge is 2.21. The van der Waals surface area contributed by atoms with E-state index in [-0.39, 0.29) is 18.5 Å². The first-order valence-electron chi connectivity index (χ1n) is 9.01. The van der Waals surface area contributed by atoms with E-state index in [0.29, 0.717) is 31.9 Å². The van der Waals surface area contributed by atoms with E-state index in [0.717, 1.165) is 0 Å². The molecule has 1 heterocycles. The Balaban J connectivity index is 1.70. The van der Waals surface area contributed by atoms with E-state index < -0.39 is 12.1 Å². The van der Waals surface area contributed by atoms with Crippen LogP contribution in [0.4, 0.5) is 10.5 Å². The van der Waals surface area contributed by atoms with Crippen molar-refractivity contribution in [2.75, 3.05) is 18.7 Å². The van der Waals surface area contributed by atoms with Crippen LogP contribution < -0.4 is 9.64 Å². The van der Waals surface area contributed by atoms with Gasteiger partial charge < -0.3 is 14.2 Å². The molecular formula is C21H18Cl2N2O5S. The first kappa shape index (κ1) is 22.9. The third-order valence-corrected chi connectivity index (χ3v) is 5.85. The van der Waals surface area contributed by atoms with Gasteiger partial charge in [-0.25, -0.2) is 19.5 Å². The van der Waals surface area contributed by atoms with Crippen LogP contribution in [0.1, 0.15) is 20.9 Å². The van der Waals surface area contributed by atoms with Crippen molar-refractivity contribution >= 4 is 52.3 Å². The molecule has 0 spiro atoms. The summed E-state index contributed by atoms with van der Waals surface area (Å²) < 4.78 is 16.3. The molecule has 0 aliphatic rings. The molecule has 31 heavy (non-hydrogen) atoms. The SMILES string of the molecule is COC(=O)N(COC(=O)c1ccccc1)c1ccc(OCc2nc(Cl)c(Cl)s2)cc1C. The van der Waals surface area contributed by atoms with Crippen molar-refractivity contribution in [2.24, 2.45) is 0 Å². The van der Waals surface area contributed by atoms with E-state index in [1.54, 1.807) is 55.5 Å². The van der Waals surface area contributed by atoms with Gasteiger partial charge >= 0.3 is 12.1 Å². The predicted molar refractivity (Wildman–Crippen MR) is 119 cm³/mol. The third-order valence-electron chi connectivity index (χ3n) is 4.14. The molecule has 0 radical (unpaired) electrons. The van der Waals surface area contributed by atoms with Gasteiger partial charge in [0.15, 0.2) is 11.9 Å². The maximum atomic E-state index is 12.3. The van der Waals surface area contributed by atoms with Crippen LogP contribution in [0.25, 0.3) is 0 Å². The summed E-state index contributed by atoms with van der Waals surface area (Å²) in [7, 11) is 1.26. The minimum Gasteiger partial charge on any atom is -0.486 e. The van der Waals surface area contributed by atoms with Crippen molar-refractivity contribution < 1.29 is 23.8 Å². The van der Waals surface area contributed by atoms with Gasteiger partial charge in [0.1, 0.15) is 21.7 Å². The number of carbonyl (C=O) groups excluding carboxylic acids is 2. The average molecular weight is 481 g/mol. The van der Waals surface area contributed by atoms with Crippen molar-refractivity contribution in [2.45, 2.75) is 13.5 Å². The molecule has 7 nitrogen and oxygen atoms in total. The number of anilines is 1. The van der Waals surface area contributed by atoms with Crippen LogP contribution in [0, 0.1) is 6.92 Å². The number of aromatic nitrogens is 1. The number of thiazole rings is 1. The van der Waals surface area contributed by atoms with Crippen molar-refractivity contribution in [1.29, 1.82) is 0 Å². The summed E-state index contributed by atoms with van der Waals surface area (Å²) in [6.07, 6.45) is -0.662. The number of hydrogen-bond acceptors (Lipinski definition) is 7. The predicted octanol–water partition coefficient (Wildman–Crippen LogP) is 5.72. The minimum absolute atomic E-state index is 0.200. The smallest absolute Gasteiger partial charge is 0.416 e. The van der Waals surface area contributed by atoms with Crippen LogP contribution >= 0.6 is 34.5 Å². The normalized spacial score (nSPS) is 10.5. The summed E-state index contributed by atoms with van der Waals surface area (Å²) in [4.78, 5) is 29.8. The largest absolute Gasteiger partial charge is 0.486 e. The van der Waals surface area contributed by atoms with Gasteiger partial charge in [-0.2, -0.15) is 0 Å². The summed E-state index contributed by atoms with van der Waals surface area (Å²) >= 11 is 13.0. The molecule has 0 unspecified atom stereocenters. The number of ether oxygens (including phenoxy) is 3. The van der Waals surface area contributed by atoms with Crippen LogP contribution in [-0.4, -0.2) is 30.9 Å². The summed E-state index contributed by atoms with van der Waals surface area (Å²) in [5, 5.41) is 0.885. The average Bonchev–Trinajstić information content (AvgIpc) is 3.10. The Morgan fingerprint density at radius 2 is 1.87 bits per heavy atom. The molecule has 0 aliphatic carbocycles. The molecule has 1 amide bonds. The number of halogens is 2. The Hall–Kier alpha value is -2.81. The number of rotatable bonds is 7. The molecule has 0 fully saturated rings. The zero-order chi connectivity index (χ0) is 22.4. The van der Waals surface area contributed by atoms with Crippen LogP contribution in [0.5, 0.6) is 5.75 Å². The van der Waals surface area contributed by atoms with Crippen molar-refractivity contribution in [3.05, 3.63) is 74.2 Å². The Morgan fingerprint density at radius 3 is 2.48 bits per heavy atom. The fourth-order valence-electron chi connectivity index (χ4n) is 2.66. The van der Waals surface area contributed by atoms with Gasteiger partial charge in [0.25, 0.3) is 0 Å². The van der Waals surface area contributed by atoms with E-state index in [2.05, 4.69) is 4.98 Å². The molecule has 0 saturated heterocycles. The zero-order valence-electron chi connectivity index (χ0n) is 16.6. The van der Waals surface area contributed by atoms with E-state index in [1.807, 2.05) is 0 Å². The fraction of sp³-hybridized carbons (Fsp3) is 0.190. The molecule has 0 bridgehead atoms. The monoisotopic (exact) mass is 480 g/mol. The topological polar surface area (TPSA) is 78.0 Å². The van der Waals surface area contributed by atoms with Gasteiger partial charge in [0, 0.05) is 0 Å². The second-order valence-electron chi connectivity index (χ2n) is 6.23. The third kappa shape index (κ3) is 5.88. The van der Waals surface area contributed by atoms with Crippen LogP contribution in [-0.2, 0) is 16.1 Å². The highest BCUT2D eigenvalue weighted by atomic mass is 35.5. The summed E-state index contributed by atoms with van der Waals surface area (Å²) in [5.41, 5.74) is 1.62. The van der Waals surface area contributed by atoms with E-state index in [9.17, 15) is 9.59 Å². The zero-order valence-corrected chi connectivity index (χ0v) is 19.0. The number of aryl methyl sites for hydroxylation is 1. The molecule has 0 atom stereocenters. The Morgan fingerprint density at radius 1 is 1.13 bits per heavy atom. The number of amides is 1. The lowest BCUT2D eigenvalue weighted by molar-refractivity contribution is 0.0503. The molecule has 10 heteroatoms. The highest BCUT2D eigenvalue weighted by molar-refractivity contribution is 7.16. The Labute approximate surface area is 193 Å². The van der Waals surface area contributed by atoms with Gasteiger partial charge in [0.2, 0.25) is 0 Å². The first-order valence-corrected chi connectivity index (χ1v) is 10.6. The molecule has 0 aliphatic heterocycles. The lowest BCUT2D eigenvalue weighted by atomic mass is 10.2. The van der Waals surface area contributed by atoms with Crippen molar-refractivity contribution in [3.8, 4) is 5.75 Å². The second-order valence-corrected chi connectivity index (χ2v) is 8.28. The Bertz CT molecular complexity index is 1060. The molecule has 162 valence electrons. The maximum absolute atomic E-state index is 12.3. The van der Waals surface area contributed by atoms with E-state index in [1.165, 1.54) is 23.3 Å². The van der Waals surface area contributed by atoms with Gasteiger partial charge in [0.05, 0.1) is 18.4 Å². The number of carbonyl (C=O) groups is 2. The first-order chi connectivity index (χ1) is 14.9. The van der Waals surface area contributed by atoms with Crippen LogP contribution in [0.3, 0.4) is 0 Å². The van der Waals surface area contributed by atoms with Crippen molar-refractivity contribution in [3.63, 3.8) is 0 Å². The molecule has 0 saturated carbocycles. The van der Waals surface area contributed by atoms with Gasteiger partial charge in [-0.3, -0.25) is 0 Å². The fourth-order valence-corrected chi connectivity index (χ4v) is 3.83. The second kappa shape index (κ2) is 10.5. The standard InChI is InChI=1S/C21H18Cl2N2O5S/c1-13-10-15(29-11-17-24-18(22)19(23)31-17)8-9-16(13)25(21(27)28-2)12-30-20(26)14-6-4-3-5-7-14/h3-10H,11-12H2,1-2H3. The van der Waals surface area contributed by atoms with Gasteiger partial charge in [-0.05, 0) is 42.8 Å². The molecule has 3 rings (SSSR count). The Kier molecular flexibility index (Phi) is 7.73. The quantitative estimate of drug-likeness (QED) is 0.317. The molecular weight excluding hydrogens is 463 g/mol. The summed E-state index contributed by atoms with van der Waals surface area (Å²) in [6.45, 7) is 1.69. The lowest BCUT2D eigenvalue weighted by Crippen LogP contribution is -2.34. The number of methoxy groups -OCH3 is 1. The number of nitrogens with zero attached hydrogens (tertiary/aromatic N) is 2. The number of esters is 1. The van der Waals surface area contributed by atoms with Crippen LogP contribution in [0.15, 0.2) is 48.5 Å². The van der Waals surface area contributed by atoms with E-state index in [4.69, 9.17) is 37.4 Å². The number of hydrogen-bond donors (Lipinski definition) is 0. The van der Waals surface area contributed by atoms with Crippen molar-refractivity contribution in [1.82, 2.24) is 4.98 Å². The maximum Gasteiger partial charge on any atom is 0.416 e.